The molecule has 0 unspecified atom stereocenters. The minimum atomic E-state index is -0.369. The Morgan fingerprint density at radius 2 is 1.48 bits per heavy atom. The SMILES string of the molecule is CC1(C)OB(C(=Cc2ccccc2-c2ccccc2)CS)OC1(C)C. The van der Waals surface area contributed by atoms with E-state index in [4.69, 9.17) is 9.31 Å². The maximum atomic E-state index is 6.20. The second-order valence-electron chi connectivity index (χ2n) is 7.42. The molecule has 1 fully saturated rings. The fourth-order valence-corrected chi connectivity index (χ4v) is 3.13. The Balaban J connectivity index is 1.97. The highest BCUT2D eigenvalue weighted by molar-refractivity contribution is 7.80. The summed E-state index contributed by atoms with van der Waals surface area (Å²) in [7, 11) is -0.369. The van der Waals surface area contributed by atoms with Gasteiger partial charge in [-0.3, -0.25) is 0 Å². The van der Waals surface area contributed by atoms with E-state index in [9.17, 15) is 0 Å². The van der Waals surface area contributed by atoms with E-state index in [1.54, 1.807) is 0 Å². The van der Waals surface area contributed by atoms with Crippen LogP contribution in [-0.2, 0) is 9.31 Å². The maximum absolute atomic E-state index is 6.20. The predicted molar refractivity (Wildman–Crippen MR) is 110 cm³/mol. The van der Waals surface area contributed by atoms with Gasteiger partial charge in [0.2, 0.25) is 0 Å². The third-order valence-electron chi connectivity index (χ3n) is 5.13. The van der Waals surface area contributed by atoms with Gasteiger partial charge in [0.25, 0.3) is 0 Å². The van der Waals surface area contributed by atoms with Gasteiger partial charge in [0.15, 0.2) is 0 Å². The quantitative estimate of drug-likeness (QED) is 0.595. The van der Waals surface area contributed by atoms with E-state index in [0.29, 0.717) is 5.75 Å². The van der Waals surface area contributed by atoms with E-state index in [1.165, 1.54) is 11.1 Å². The average Bonchev–Trinajstić information content (AvgIpc) is 2.81. The summed E-state index contributed by atoms with van der Waals surface area (Å²) in [5, 5.41) is 0. The number of benzene rings is 2. The third kappa shape index (κ3) is 3.71. The van der Waals surface area contributed by atoms with Gasteiger partial charge in [-0.2, -0.15) is 12.6 Å². The Labute approximate surface area is 156 Å². The maximum Gasteiger partial charge on any atom is 0.491 e. The van der Waals surface area contributed by atoms with Crippen LogP contribution in [0, 0.1) is 0 Å². The first-order valence-electron chi connectivity index (χ1n) is 8.65. The zero-order valence-corrected chi connectivity index (χ0v) is 16.2. The van der Waals surface area contributed by atoms with Crippen LogP contribution in [0.5, 0.6) is 0 Å². The Bertz CT molecular complexity index is 752. The molecule has 130 valence electrons. The van der Waals surface area contributed by atoms with E-state index in [1.807, 2.05) is 6.07 Å². The summed E-state index contributed by atoms with van der Waals surface area (Å²) in [6.07, 6.45) is 2.15. The lowest BCUT2D eigenvalue weighted by molar-refractivity contribution is 0.00578. The highest BCUT2D eigenvalue weighted by atomic mass is 32.1. The molecule has 0 N–H and O–H groups in total. The Morgan fingerprint density at radius 3 is 2.08 bits per heavy atom. The molecule has 0 aromatic heterocycles. The van der Waals surface area contributed by atoms with Crippen LogP contribution in [0.3, 0.4) is 0 Å². The number of hydrogen-bond acceptors (Lipinski definition) is 3. The van der Waals surface area contributed by atoms with Crippen molar-refractivity contribution in [2.24, 2.45) is 0 Å². The monoisotopic (exact) mass is 352 g/mol. The Morgan fingerprint density at radius 1 is 0.920 bits per heavy atom. The molecular formula is C21H25BO2S. The third-order valence-corrected chi connectivity index (χ3v) is 5.49. The lowest BCUT2D eigenvalue weighted by Gasteiger charge is -2.32. The topological polar surface area (TPSA) is 18.5 Å². The van der Waals surface area contributed by atoms with Gasteiger partial charge in [-0.15, -0.1) is 0 Å². The van der Waals surface area contributed by atoms with Crippen molar-refractivity contribution in [2.45, 2.75) is 38.9 Å². The molecule has 0 atom stereocenters. The first-order valence-corrected chi connectivity index (χ1v) is 9.29. The van der Waals surface area contributed by atoms with E-state index < -0.39 is 0 Å². The zero-order chi connectivity index (χ0) is 18.1. The molecule has 4 heteroatoms. The van der Waals surface area contributed by atoms with Crippen LogP contribution in [0.1, 0.15) is 33.3 Å². The largest absolute Gasteiger partial charge is 0.491 e. The lowest BCUT2D eigenvalue weighted by Crippen LogP contribution is -2.41. The van der Waals surface area contributed by atoms with Crippen LogP contribution in [0.15, 0.2) is 60.1 Å². The van der Waals surface area contributed by atoms with Crippen molar-refractivity contribution in [3.8, 4) is 11.1 Å². The minimum absolute atomic E-state index is 0.349. The molecule has 0 spiro atoms. The molecule has 2 aromatic rings. The smallest absolute Gasteiger partial charge is 0.400 e. The second-order valence-corrected chi connectivity index (χ2v) is 7.74. The zero-order valence-electron chi connectivity index (χ0n) is 15.3. The number of thiol groups is 1. The van der Waals surface area contributed by atoms with Gasteiger partial charge in [-0.05, 0) is 49.9 Å². The lowest BCUT2D eigenvalue weighted by atomic mass is 9.77. The molecule has 1 aliphatic rings. The molecule has 2 aromatic carbocycles. The van der Waals surface area contributed by atoms with Gasteiger partial charge in [0, 0.05) is 5.75 Å². The van der Waals surface area contributed by atoms with Crippen molar-refractivity contribution in [2.75, 3.05) is 5.75 Å². The fraction of sp³-hybridized carbons (Fsp3) is 0.333. The van der Waals surface area contributed by atoms with Gasteiger partial charge in [0.1, 0.15) is 0 Å². The molecule has 0 aliphatic carbocycles. The van der Waals surface area contributed by atoms with E-state index in [0.717, 1.165) is 11.0 Å². The Hall–Kier alpha value is -1.49. The van der Waals surface area contributed by atoms with E-state index >= 15 is 0 Å². The van der Waals surface area contributed by atoms with Gasteiger partial charge in [-0.1, -0.05) is 60.7 Å². The highest BCUT2D eigenvalue weighted by Gasteiger charge is 2.52. The van der Waals surface area contributed by atoms with Crippen LogP contribution in [0.4, 0.5) is 0 Å². The van der Waals surface area contributed by atoms with Gasteiger partial charge in [0.05, 0.1) is 11.2 Å². The molecule has 0 bridgehead atoms. The summed E-state index contributed by atoms with van der Waals surface area (Å²) in [5.41, 5.74) is 3.87. The summed E-state index contributed by atoms with van der Waals surface area (Å²) in [6.45, 7) is 8.28. The van der Waals surface area contributed by atoms with Crippen molar-refractivity contribution in [1.82, 2.24) is 0 Å². The molecule has 1 heterocycles. The minimum Gasteiger partial charge on any atom is -0.400 e. The average molecular weight is 352 g/mol. The van der Waals surface area contributed by atoms with E-state index in [2.05, 4.69) is 94.9 Å². The number of rotatable bonds is 4. The van der Waals surface area contributed by atoms with Crippen molar-refractivity contribution in [3.05, 3.63) is 65.6 Å². The summed E-state index contributed by atoms with van der Waals surface area (Å²) in [5.74, 6) is 0.583. The molecule has 1 saturated heterocycles. The summed E-state index contributed by atoms with van der Waals surface area (Å²) >= 11 is 4.53. The van der Waals surface area contributed by atoms with Gasteiger partial charge < -0.3 is 9.31 Å². The van der Waals surface area contributed by atoms with Crippen molar-refractivity contribution in [1.29, 1.82) is 0 Å². The molecule has 3 rings (SSSR count). The Kier molecular flexibility index (Phi) is 5.15. The van der Waals surface area contributed by atoms with Crippen LogP contribution in [0.2, 0.25) is 0 Å². The molecule has 0 amide bonds. The van der Waals surface area contributed by atoms with E-state index in [-0.39, 0.29) is 18.3 Å². The van der Waals surface area contributed by atoms with Crippen LogP contribution < -0.4 is 0 Å². The summed E-state index contributed by atoms with van der Waals surface area (Å²) in [6, 6.07) is 18.8. The number of hydrogen-bond donors (Lipinski definition) is 1. The fourth-order valence-electron chi connectivity index (χ4n) is 2.89. The normalized spacial score (nSPS) is 19.2. The molecule has 0 saturated carbocycles. The standard InChI is InChI=1S/C21H25BO2S/c1-20(2)21(3,4)24-22(23-20)18(15-25)14-17-12-8-9-13-19(17)16-10-6-5-7-11-16/h5-14,25H,15H2,1-4H3. The van der Waals surface area contributed by atoms with Crippen molar-refractivity contribution >= 4 is 25.8 Å². The van der Waals surface area contributed by atoms with Gasteiger partial charge in [-0.25, -0.2) is 0 Å². The van der Waals surface area contributed by atoms with Crippen LogP contribution in [0.25, 0.3) is 17.2 Å². The van der Waals surface area contributed by atoms with Gasteiger partial charge >= 0.3 is 7.12 Å². The molecule has 25 heavy (non-hydrogen) atoms. The molecule has 0 radical (unpaired) electrons. The first kappa shape index (κ1) is 18.3. The summed E-state index contributed by atoms with van der Waals surface area (Å²) < 4.78 is 12.4. The highest BCUT2D eigenvalue weighted by Crippen LogP contribution is 2.39. The molecular weight excluding hydrogens is 327 g/mol. The van der Waals surface area contributed by atoms with Crippen molar-refractivity contribution in [3.63, 3.8) is 0 Å². The summed E-state index contributed by atoms with van der Waals surface area (Å²) in [4.78, 5) is 0. The second kappa shape index (κ2) is 7.03. The predicted octanol–water partition coefficient (Wildman–Crippen LogP) is 5.30. The van der Waals surface area contributed by atoms with Crippen molar-refractivity contribution < 1.29 is 9.31 Å². The van der Waals surface area contributed by atoms with Crippen LogP contribution in [-0.4, -0.2) is 24.1 Å². The molecule has 1 aliphatic heterocycles. The van der Waals surface area contributed by atoms with Crippen LogP contribution >= 0.6 is 12.6 Å². The molecule has 2 nitrogen and oxygen atoms in total. The first-order chi connectivity index (χ1) is 11.8.